The van der Waals surface area contributed by atoms with Crippen molar-refractivity contribution in [3.05, 3.63) is 74.1 Å². The van der Waals surface area contributed by atoms with E-state index in [-0.39, 0.29) is 27.2 Å². The van der Waals surface area contributed by atoms with E-state index >= 15 is 0 Å². The van der Waals surface area contributed by atoms with Crippen molar-refractivity contribution in [2.24, 2.45) is 0 Å². The van der Waals surface area contributed by atoms with Gasteiger partial charge in [0.15, 0.2) is 0 Å². The summed E-state index contributed by atoms with van der Waals surface area (Å²) in [5.41, 5.74) is 2.18. The molecule has 7 nitrogen and oxygen atoms in total. The van der Waals surface area contributed by atoms with Gasteiger partial charge in [-0.05, 0) is 62.9 Å². The molecule has 0 aliphatic heterocycles. The number of carbonyl (C=O) groups is 2. The average molecular weight is 568 g/mol. The summed E-state index contributed by atoms with van der Waals surface area (Å²) in [5.74, 6) is -1.14. The number of carbonyl (C=O) groups excluding carboxylic acids is 2. The Hall–Kier alpha value is -2.59. The van der Waals surface area contributed by atoms with E-state index in [4.69, 9.17) is 27.9 Å². The number of hydrogen-bond acceptors (Lipinski definition) is 6. The number of aryl methyl sites for hydroxylation is 2. The highest BCUT2D eigenvalue weighted by Crippen LogP contribution is 2.40. The Morgan fingerprint density at radius 3 is 2.53 bits per heavy atom. The zero-order valence-corrected chi connectivity index (χ0v) is 22.8. The molecule has 0 atom stereocenters. The molecule has 3 aromatic rings. The Morgan fingerprint density at radius 1 is 1.11 bits per heavy atom. The van der Waals surface area contributed by atoms with Gasteiger partial charge in [0, 0.05) is 4.88 Å². The molecule has 0 radical (unpaired) electrons. The van der Waals surface area contributed by atoms with Gasteiger partial charge in [-0.15, -0.1) is 11.3 Å². The zero-order valence-electron chi connectivity index (χ0n) is 19.6. The van der Waals surface area contributed by atoms with Crippen molar-refractivity contribution in [1.82, 2.24) is 0 Å². The number of sulfonamides is 1. The molecule has 0 unspecified atom stereocenters. The van der Waals surface area contributed by atoms with Crippen LogP contribution < -0.4 is 9.62 Å². The summed E-state index contributed by atoms with van der Waals surface area (Å²) in [4.78, 5) is 26.9. The molecule has 1 aliphatic rings. The van der Waals surface area contributed by atoms with Crippen LogP contribution in [-0.2, 0) is 32.4 Å². The fourth-order valence-electron chi connectivity index (χ4n) is 4.03. The zero-order chi connectivity index (χ0) is 26.0. The van der Waals surface area contributed by atoms with Crippen LogP contribution in [0.5, 0.6) is 0 Å². The number of halogens is 2. The number of esters is 1. The second-order valence-electron chi connectivity index (χ2n) is 8.23. The molecule has 2 aromatic carbocycles. The number of rotatable bonds is 8. The van der Waals surface area contributed by atoms with Gasteiger partial charge in [-0.2, -0.15) is 0 Å². The summed E-state index contributed by atoms with van der Waals surface area (Å²) in [6, 6.07) is 10.8. The highest BCUT2D eigenvalue weighted by atomic mass is 35.5. The predicted octanol–water partition coefficient (Wildman–Crippen LogP) is 5.86. The fraction of sp³-hybridized carbons (Fsp3) is 0.280. The second-order valence-corrected chi connectivity index (χ2v) is 12.0. The third-order valence-corrected chi connectivity index (χ3v) is 9.54. The maximum atomic E-state index is 13.6. The smallest absolute Gasteiger partial charge is 0.341 e. The molecule has 1 amide bonds. The number of nitrogens with one attached hydrogen (secondary N) is 1. The minimum absolute atomic E-state index is 0.000690. The topological polar surface area (TPSA) is 92.8 Å². The Balaban J connectivity index is 1.70. The lowest BCUT2D eigenvalue weighted by atomic mass is 10.1. The van der Waals surface area contributed by atoms with E-state index in [0.29, 0.717) is 10.6 Å². The lowest BCUT2D eigenvalue weighted by Crippen LogP contribution is -2.38. The Morgan fingerprint density at radius 2 is 1.83 bits per heavy atom. The average Bonchev–Trinajstić information content (AvgIpc) is 3.40. The van der Waals surface area contributed by atoms with Crippen molar-refractivity contribution < 1.29 is 22.7 Å². The highest BCUT2D eigenvalue weighted by molar-refractivity contribution is 7.92. The number of thiophene rings is 1. The molecular formula is C25H24Cl2N2O5S2. The number of amides is 1. The fourth-order valence-corrected chi connectivity index (χ4v) is 7.20. The van der Waals surface area contributed by atoms with Crippen molar-refractivity contribution in [1.29, 1.82) is 0 Å². The first-order chi connectivity index (χ1) is 17.1. The Bertz CT molecular complexity index is 1420. The summed E-state index contributed by atoms with van der Waals surface area (Å²) in [6.07, 6.45) is 2.47. The van der Waals surface area contributed by atoms with E-state index in [1.54, 1.807) is 25.1 Å². The van der Waals surface area contributed by atoms with Gasteiger partial charge in [0.05, 0.1) is 32.8 Å². The van der Waals surface area contributed by atoms with E-state index < -0.39 is 28.4 Å². The van der Waals surface area contributed by atoms with Gasteiger partial charge in [0.25, 0.3) is 10.0 Å². The van der Waals surface area contributed by atoms with E-state index in [1.165, 1.54) is 35.6 Å². The quantitative estimate of drug-likeness (QED) is 0.344. The first-order valence-electron chi connectivity index (χ1n) is 11.3. The van der Waals surface area contributed by atoms with Crippen LogP contribution in [0.4, 0.5) is 10.7 Å². The molecule has 4 rings (SSSR count). The number of ether oxygens (including phenoxy) is 1. The lowest BCUT2D eigenvalue weighted by Gasteiger charge is -2.25. The molecule has 0 saturated carbocycles. The molecule has 190 valence electrons. The van der Waals surface area contributed by atoms with Crippen LogP contribution in [-0.4, -0.2) is 33.4 Å². The van der Waals surface area contributed by atoms with Gasteiger partial charge >= 0.3 is 5.97 Å². The second kappa shape index (κ2) is 10.8. The number of nitrogens with zero attached hydrogens (tertiary/aromatic N) is 1. The molecule has 11 heteroatoms. The minimum Gasteiger partial charge on any atom is -0.462 e. The Labute approximate surface area is 224 Å². The van der Waals surface area contributed by atoms with Gasteiger partial charge in [-0.3, -0.25) is 9.10 Å². The first kappa shape index (κ1) is 26.5. The van der Waals surface area contributed by atoms with Crippen molar-refractivity contribution in [3.8, 4) is 0 Å². The molecule has 0 fully saturated rings. The maximum Gasteiger partial charge on any atom is 0.341 e. The third kappa shape index (κ3) is 5.25. The van der Waals surface area contributed by atoms with Gasteiger partial charge in [0.2, 0.25) is 5.91 Å². The number of benzene rings is 2. The van der Waals surface area contributed by atoms with Gasteiger partial charge in [0.1, 0.15) is 11.5 Å². The summed E-state index contributed by atoms with van der Waals surface area (Å²) < 4.78 is 33.4. The van der Waals surface area contributed by atoms with Crippen molar-refractivity contribution in [3.63, 3.8) is 0 Å². The molecule has 1 aliphatic carbocycles. The third-order valence-electron chi connectivity index (χ3n) is 5.75. The number of hydrogen-bond donors (Lipinski definition) is 1. The molecule has 1 N–H and O–H groups in total. The van der Waals surface area contributed by atoms with Crippen LogP contribution in [0.2, 0.25) is 10.0 Å². The molecule has 36 heavy (non-hydrogen) atoms. The number of anilines is 2. The first-order valence-corrected chi connectivity index (χ1v) is 14.3. The van der Waals surface area contributed by atoms with Crippen molar-refractivity contribution in [2.75, 3.05) is 22.8 Å². The van der Waals surface area contributed by atoms with Crippen molar-refractivity contribution in [2.45, 2.75) is 38.0 Å². The molecule has 0 bridgehead atoms. The largest absolute Gasteiger partial charge is 0.462 e. The van der Waals surface area contributed by atoms with Gasteiger partial charge in [-0.1, -0.05) is 47.0 Å². The SMILES string of the molecule is CCOC(=O)c1c(NC(=O)CN(c2cccc(Cl)c2Cl)S(=O)(=O)c2ccc(C)cc2)sc2c1CCC2. The van der Waals surface area contributed by atoms with Crippen LogP contribution in [0.1, 0.15) is 39.7 Å². The van der Waals surface area contributed by atoms with Crippen LogP contribution >= 0.6 is 34.5 Å². The normalized spacial score (nSPS) is 12.8. The summed E-state index contributed by atoms with van der Waals surface area (Å²) in [7, 11) is -4.19. The summed E-state index contributed by atoms with van der Waals surface area (Å²) >= 11 is 13.9. The summed E-state index contributed by atoms with van der Waals surface area (Å²) in [5, 5.41) is 3.25. The van der Waals surface area contributed by atoms with Crippen molar-refractivity contribution >= 4 is 67.1 Å². The van der Waals surface area contributed by atoms with Crippen LogP contribution in [0, 0.1) is 6.92 Å². The number of fused-ring (bicyclic) bond motifs is 1. The standard InChI is InChI=1S/C25H24Cl2N2O5S2/c1-3-34-25(31)22-17-6-4-9-20(17)35-24(22)28-21(30)14-29(19-8-5-7-18(26)23(19)27)36(32,33)16-12-10-15(2)11-13-16/h5,7-8,10-13H,3-4,6,9,14H2,1-2H3,(H,28,30). The van der Waals surface area contributed by atoms with Gasteiger partial charge in [-0.25, -0.2) is 13.2 Å². The highest BCUT2D eigenvalue weighted by Gasteiger charge is 2.32. The monoisotopic (exact) mass is 566 g/mol. The molecule has 1 aromatic heterocycles. The minimum atomic E-state index is -4.19. The summed E-state index contributed by atoms with van der Waals surface area (Å²) in [6.45, 7) is 3.17. The molecular weight excluding hydrogens is 543 g/mol. The lowest BCUT2D eigenvalue weighted by molar-refractivity contribution is -0.114. The van der Waals surface area contributed by atoms with Crippen LogP contribution in [0.25, 0.3) is 0 Å². The maximum absolute atomic E-state index is 13.6. The molecule has 0 spiro atoms. The van der Waals surface area contributed by atoms with Crippen LogP contribution in [0.15, 0.2) is 47.4 Å². The van der Waals surface area contributed by atoms with E-state index in [2.05, 4.69) is 5.32 Å². The van der Waals surface area contributed by atoms with E-state index in [1.807, 2.05) is 6.92 Å². The van der Waals surface area contributed by atoms with Gasteiger partial charge < -0.3 is 10.1 Å². The van der Waals surface area contributed by atoms with E-state index in [9.17, 15) is 18.0 Å². The van der Waals surface area contributed by atoms with Crippen LogP contribution in [0.3, 0.4) is 0 Å². The Kier molecular flexibility index (Phi) is 7.94. The predicted molar refractivity (Wildman–Crippen MR) is 143 cm³/mol. The molecule has 0 saturated heterocycles. The van der Waals surface area contributed by atoms with E-state index in [0.717, 1.165) is 39.6 Å². The molecule has 1 heterocycles.